The molecule has 4 heteroatoms. The lowest BCUT2D eigenvalue weighted by Gasteiger charge is -2.11. The second-order valence-corrected chi connectivity index (χ2v) is 5.60. The Morgan fingerprint density at radius 2 is 2.40 bits per heavy atom. The van der Waals surface area contributed by atoms with Crippen LogP contribution in [0.25, 0.3) is 0 Å². The van der Waals surface area contributed by atoms with Crippen LogP contribution in [0.2, 0.25) is 0 Å². The molecule has 0 aromatic heterocycles. The lowest BCUT2D eigenvalue weighted by atomic mass is 10.2. The van der Waals surface area contributed by atoms with Gasteiger partial charge >= 0.3 is 0 Å². The van der Waals surface area contributed by atoms with Crippen LogP contribution >= 0.6 is 11.8 Å². The van der Waals surface area contributed by atoms with Crippen LogP contribution in [0.5, 0.6) is 0 Å². The fourth-order valence-corrected chi connectivity index (χ4v) is 2.58. The maximum absolute atomic E-state index is 11.5. The molecule has 0 saturated carbocycles. The third kappa shape index (κ3) is 6.05. The molecule has 0 aromatic carbocycles. The Labute approximate surface area is 96.8 Å². The van der Waals surface area contributed by atoms with E-state index in [2.05, 4.69) is 24.5 Å². The minimum atomic E-state index is 0.192. The molecule has 2 N–H and O–H groups in total. The zero-order valence-electron chi connectivity index (χ0n) is 9.71. The van der Waals surface area contributed by atoms with E-state index in [4.69, 9.17) is 0 Å². The van der Waals surface area contributed by atoms with Crippen molar-refractivity contribution >= 4 is 17.7 Å². The van der Waals surface area contributed by atoms with Crippen LogP contribution in [0.4, 0.5) is 0 Å². The highest BCUT2D eigenvalue weighted by Crippen LogP contribution is 2.08. The Bertz CT molecular complexity index is 191. The summed E-state index contributed by atoms with van der Waals surface area (Å²) < 4.78 is 0. The number of nitrogens with one attached hydrogen (secondary N) is 2. The molecule has 1 heterocycles. The maximum atomic E-state index is 11.5. The number of hydrogen-bond donors (Lipinski definition) is 2. The molecule has 1 fully saturated rings. The summed E-state index contributed by atoms with van der Waals surface area (Å²) in [7, 11) is 0. The van der Waals surface area contributed by atoms with Gasteiger partial charge in [0.25, 0.3) is 0 Å². The molecule has 1 aliphatic rings. The van der Waals surface area contributed by atoms with E-state index < -0.39 is 0 Å². The van der Waals surface area contributed by atoms with E-state index in [0.29, 0.717) is 11.8 Å². The Morgan fingerprint density at radius 3 is 3.00 bits per heavy atom. The normalized spacial score (nSPS) is 20.9. The summed E-state index contributed by atoms with van der Waals surface area (Å²) in [5.41, 5.74) is 0. The molecule has 0 aliphatic carbocycles. The van der Waals surface area contributed by atoms with Gasteiger partial charge in [0.15, 0.2) is 0 Å². The summed E-state index contributed by atoms with van der Waals surface area (Å²) in [5, 5.41) is 6.28. The lowest BCUT2D eigenvalue weighted by molar-refractivity contribution is -0.119. The van der Waals surface area contributed by atoms with Crippen molar-refractivity contribution in [1.29, 1.82) is 0 Å². The Balaban J connectivity index is 1.98. The van der Waals surface area contributed by atoms with Crippen molar-refractivity contribution in [3.63, 3.8) is 0 Å². The molecule has 1 unspecified atom stereocenters. The third-order valence-electron chi connectivity index (χ3n) is 2.50. The molecule has 0 aromatic rings. The van der Waals surface area contributed by atoms with Crippen LogP contribution in [-0.2, 0) is 4.79 Å². The number of thioether (sulfide) groups is 1. The summed E-state index contributed by atoms with van der Waals surface area (Å²) in [6.07, 6.45) is 2.27. The Kier molecular flexibility index (Phi) is 6.10. The Morgan fingerprint density at radius 1 is 1.60 bits per heavy atom. The third-order valence-corrected chi connectivity index (χ3v) is 3.49. The second kappa shape index (κ2) is 7.12. The van der Waals surface area contributed by atoms with E-state index in [1.807, 2.05) is 0 Å². The summed E-state index contributed by atoms with van der Waals surface area (Å²) in [5.74, 6) is 2.63. The van der Waals surface area contributed by atoms with Crippen LogP contribution in [0, 0.1) is 5.92 Å². The highest BCUT2D eigenvalue weighted by molar-refractivity contribution is 7.99. The average molecular weight is 230 g/mol. The van der Waals surface area contributed by atoms with Crippen LogP contribution in [-0.4, -0.2) is 36.5 Å². The van der Waals surface area contributed by atoms with E-state index >= 15 is 0 Å². The zero-order valence-corrected chi connectivity index (χ0v) is 10.5. The van der Waals surface area contributed by atoms with Crippen molar-refractivity contribution in [2.75, 3.05) is 24.6 Å². The molecular weight excluding hydrogens is 208 g/mol. The fraction of sp³-hybridized carbons (Fsp3) is 0.909. The quantitative estimate of drug-likeness (QED) is 0.675. The van der Waals surface area contributed by atoms with Crippen LogP contribution in [0.15, 0.2) is 0 Å². The van der Waals surface area contributed by atoms with Crippen molar-refractivity contribution in [3.05, 3.63) is 0 Å². The average Bonchev–Trinajstić information content (AvgIpc) is 2.64. The predicted molar refractivity (Wildman–Crippen MR) is 66.2 cm³/mol. The zero-order chi connectivity index (χ0) is 11.1. The van der Waals surface area contributed by atoms with Gasteiger partial charge < -0.3 is 10.6 Å². The van der Waals surface area contributed by atoms with Crippen molar-refractivity contribution in [3.8, 4) is 0 Å². The van der Waals surface area contributed by atoms with Gasteiger partial charge in [-0.1, -0.05) is 13.8 Å². The molecule has 0 radical (unpaired) electrons. The first-order valence-electron chi connectivity index (χ1n) is 5.76. The van der Waals surface area contributed by atoms with Gasteiger partial charge in [0, 0.05) is 12.6 Å². The van der Waals surface area contributed by atoms with Crippen LogP contribution in [0.3, 0.4) is 0 Å². The highest BCUT2D eigenvalue weighted by atomic mass is 32.2. The van der Waals surface area contributed by atoms with Gasteiger partial charge in [0.2, 0.25) is 5.91 Å². The predicted octanol–water partition coefficient (Wildman–Crippen LogP) is 1.24. The smallest absolute Gasteiger partial charge is 0.230 e. The molecule has 15 heavy (non-hydrogen) atoms. The summed E-state index contributed by atoms with van der Waals surface area (Å²) in [6, 6.07) is 0.364. The topological polar surface area (TPSA) is 41.1 Å². The van der Waals surface area contributed by atoms with E-state index in [1.165, 1.54) is 6.42 Å². The summed E-state index contributed by atoms with van der Waals surface area (Å²) in [6.45, 7) is 6.39. The molecule has 1 saturated heterocycles. The highest BCUT2D eigenvalue weighted by Gasteiger charge is 2.16. The number of hydrogen-bond acceptors (Lipinski definition) is 3. The number of amides is 1. The maximum Gasteiger partial charge on any atom is 0.230 e. The summed E-state index contributed by atoms with van der Waals surface area (Å²) >= 11 is 1.74. The van der Waals surface area contributed by atoms with Crippen LogP contribution < -0.4 is 10.6 Å². The van der Waals surface area contributed by atoms with Gasteiger partial charge in [-0.3, -0.25) is 4.79 Å². The fourth-order valence-electron chi connectivity index (χ4n) is 1.53. The lowest BCUT2D eigenvalue weighted by Crippen LogP contribution is -2.37. The van der Waals surface area contributed by atoms with Crippen molar-refractivity contribution in [2.45, 2.75) is 32.7 Å². The molecule has 1 rings (SSSR count). The minimum Gasteiger partial charge on any atom is -0.351 e. The molecular formula is C11H22N2OS. The largest absolute Gasteiger partial charge is 0.351 e. The van der Waals surface area contributed by atoms with Gasteiger partial charge in [0.05, 0.1) is 5.75 Å². The second-order valence-electron chi connectivity index (χ2n) is 4.49. The summed E-state index contributed by atoms with van der Waals surface area (Å²) in [4.78, 5) is 11.5. The first-order valence-corrected chi connectivity index (χ1v) is 6.91. The molecule has 1 atom stereocenters. The SMILES string of the molecule is CC(C)CCSCC(=O)NC1CCNC1. The monoisotopic (exact) mass is 230 g/mol. The van der Waals surface area contributed by atoms with Gasteiger partial charge in [-0.25, -0.2) is 0 Å². The first kappa shape index (κ1) is 12.8. The molecule has 88 valence electrons. The molecule has 0 spiro atoms. The van der Waals surface area contributed by atoms with E-state index in [0.717, 1.165) is 31.2 Å². The van der Waals surface area contributed by atoms with Gasteiger partial charge in [-0.15, -0.1) is 0 Å². The number of carbonyl (C=O) groups is 1. The van der Waals surface area contributed by atoms with E-state index in [1.54, 1.807) is 11.8 Å². The minimum absolute atomic E-state index is 0.192. The van der Waals surface area contributed by atoms with Gasteiger partial charge in [-0.05, 0) is 31.1 Å². The van der Waals surface area contributed by atoms with E-state index in [9.17, 15) is 4.79 Å². The van der Waals surface area contributed by atoms with Gasteiger partial charge in [-0.2, -0.15) is 11.8 Å². The van der Waals surface area contributed by atoms with E-state index in [-0.39, 0.29) is 5.91 Å². The van der Waals surface area contributed by atoms with Crippen molar-refractivity contribution < 1.29 is 4.79 Å². The molecule has 1 amide bonds. The Hall–Kier alpha value is -0.220. The van der Waals surface area contributed by atoms with Crippen molar-refractivity contribution in [1.82, 2.24) is 10.6 Å². The number of rotatable bonds is 6. The van der Waals surface area contributed by atoms with Crippen LogP contribution in [0.1, 0.15) is 26.7 Å². The standard InChI is InChI=1S/C11H22N2OS/c1-9(2)4-6-15-8-11(14)13-10-3-5-12-7-10/h9-10,12H,3-8H2,1-2H3,(H,13,14). The molecule has 3 nitrogen and oxygen atoms in total. The number of carbonyl (C=O) groups excluding carboxylic acids is 1. The van der Waals surface area contributed by atoms with Gasteiger partial charge in [0.1, 0.15) is 0 Å². The molecule has 1 aliphatic heterocycles. The van der Waals surface area contributed by atoms with Crippen molar-refractivity contribution in [2.24, 2.45) is 5.92 Å². The first-order chi connectivity index (χ1) is 7.18. The molecule has 0 bridgehead atoms.